The summed E-state index contributed by atoms with van der Waals surface area (Å²) in [7, 11) is 1.39. The van der Waals surface area contributed by atoms with E-state index in [2.05, 4.69) is 4.98 Å². The fourth-order valence-electron chi connectivity index (χ4n) is 1.19. The molecule has 0 bridgehead atoms. The van der Waals surface area contributed by atoms with Crippen LogP contribution in [-0.2, 0) is 0 Å². The van der Waals surface area contributed by atoms with Crippen LogP contribution < -0.4 is 4.74 Å². The summed E-state index contributed by atoms with van der Waals surface area (Å²) in [6, 6.07) is 2.34. The van der Waals surface area contributed by atoms with Crippen molar-refractivity contribution in [2.24, 2.45) is 0 Å². The van der Waals surface area contributed by atoms with E-state index in [1.54, 1.807) is 0 Å². The molecule has 0 aliphatic carbocycles. The van der Waals surface area contributed by atoms with Crippen molar-refractivity contribution in [1.82, 2.24) is 4.98 Å². The second kappa shape index (κ2) is 3.10. The topological polar surface area (TPSA) is 52.3 Å². The van der Waals surface area contributed by atoms with E-state index in [-0.39, 0.29) is 22.7 Å². The van der Waals surface area contributed by atoms with Crippen LogP contribution in [0.3, 0.4) is 0 Å². The molecule has 1 aromatic heterocycles. The molecule has 2 aromatic rings. The molecule has 1 aromatic carbocycles. The van der Waals surface area contributed by atoms with Crippen molar-refractivity contribution in [3.63, 3.8) is 0 Å². The Hall–Kier alpha value is -1.91. The van der Waals surface area contributed by atoms with E-state index >= 15 is 0 Å². The second-order valence-electron chi connectivity index (χ2n) is 2.63. The van der Waals surface area contributed by atoms with Gasteiger partial charge in [-0.1, -0.05) is 0 Å². The van der Waals surface area contributed by atoms with E-state index in [9.17, 15) is 9.18 Å². The standard InChI is InChI=1S/C9H6FNO3/c1-13-7-3-5(10)2-6-9(7)14-8(4-12)11-6/h2-4H,1H3. The number of aldehydes is 1. The molecule has 0 saturated heterocycles. The lowest BCUT2D eigenvalue weighted by Crippen LogP contribution is -1.85. The number of aromatic nitrogens is 1. The van der Waals surface area contributed by atoms with E-state index in [1.807, 2.05) is 0 Å². The zero-order chi connectivity index (χ0) is 10.1. The number of rotatable bonds is 2. The quantitative estimate of drug-likeness (QED) is 0.685. The van der Waals surface area contributed by atoms with Crippen LogP contribution in [0.5, 0.6) is 5.75 Å². The van der Waals surface area contributed by atoms with Crippen LogP contribution in [0.25, 0.3) is 11.1 Å². The summed E-state index contributed by atoms with van der Waals surface area (Å²) in [5.41, 5.74) is 0.542. The number of benzene rings is 1. The summed E-state index contributed by atoms with van der Waals surface area (Å²) in [6.07, 6.45) is 0.456. The van der Waals surface area contributed by atoms with Crippen LogP contribution in [0.4, 0.5) is 4.39 Å². The van der Waals surface area contributed by atoms with Gasteiger partial charge in [0.05, 0.1) is 7.11 Å². The van der Waals surface area contributed by atoms with Gasteiger partial charge in [-0.25, -0.2) is 9.37 Å². The number of nitrogens with zero attached hydrogens (tertiary/aromatic N) is 1. The van der Waals surface area contributed by atoms with Crippen LogP contribution in [0.2, 0.25) is 0 Å². The molecule has 0 atom stereocenters. The van der Waals surface area contributed by atoms with Gasteiger partial charge in [0.25, 0.3) is 5.89 Å². The van der Waals surface area contributed by atoms with Crippen molar-refractivity contribution >= 4 is 17.4 Å². The first-order chi connectivity index (χ1) is 6.74. The molecule has 0 spiro atoms. The number of ether oxygens (including phenoxy) is 1. The Morgan fingerprint density at radius 2 is 2.36 bits per heavy atom. The Kier molecular flexibility index (Phi) is 1.92. The van der Waals surface area contributed by atoms with E-state index in [1.165, 1.54) is 19.2 Å². The number of carbonyl (C=O) groups is 1. The molecular weight excluding hydrogens is 189 g/mol. The summed E-state index contributed by atoms with van der Waals surface area (Å²) >= 11 is 0. The molecule has 14 heavy (non-hydrogen) atoms. The highest BCUT2D eigenvalue weighted by Crippen LogP contribution is 2.27. The molecule has 2 rings (SSSR count). The van der Waals surface area contributed by atoms with Gasteiger partial charge < -0.3 is 9.15 Å². The lowest BCUT2D eigenvalue weighted by atomic mass is 10.3. The zero-order valence-corrected chi connectivity index (χ0v) is 7.28. The average molecular weight is 195 g/mol. The van der Waals surface area contributed by atoms with Crippen LogP contribution in [-0.4, -0.2) is 18.4 Å². The van der Waals surface area contributed by atoms with Crippen molar-refractivity contribution in [3.8, 4) is 5.75 Å². The van der Waals surface area contributed by atoms with E-state index in [0.29, 0.717) is 6.29 Å². The van der Waals surface area contributed by atoms with Gasteiger partial charge in [-0.05, 0) is 0 Å². The van der Waals surface area contributed by atoms with Crippen molar-refractivity contribution in [2.75, 3.05) is 7.11 Å². The van der Waals surface area contributed by atoms with Crippen LogP contribution in [0, 0.1) is 5.82 Å². The number of carbonyl (C=O) groups excluding carboxylic acids is 1. The number of methoxy groups -OCH3 is 1. The van der Waals surface area contributed by atoms with E-state index in [4.69, 9.17) is 9.15 Å². The SMILES string of the molecule is COc1cc(F)cc2nc(C=O)oc12. The fourth-order valence-corrected chi connectivity index (χ4v) is 1.19. The van der Waals surface area contributed by atoms with Gasteiger partial charge in [0.2, 0.25) is 6.29 Å². The van der Waals surface area contributed by atoms with Crippen LogP contribution in [0.15, 0.2) is 16.5 Å². The van der Waals surface area contributed by atoms with E-state index < -0.39 is 5.82 Å². The molecule has 0 aliphatic rings. The minimum absolute atomic E-state index is 0.0936. The smallest absolute Gasteiger partial charge is 0.261 e. The van der Waals surface area contributed by atoms with Crippen molar-refractivity contribution in [1.29, 1.82) is 0 Å². The molecule has 5 heteroatoms. The number of hydrogen-bond acceptors (Lipinski definition) is 4. The van der Waals surface area contributed by atoms with Gasteiger partial charge in [0.15, 0.2) is 11.3 Å². The van der Waals surface area contributed by atoms with Gasteiger partial charge >= 0.3 is 0 Å². The van der Waals surface area contributed by atoms with Gasteiger partial charge in [0.1, 0.15) is 11.3 Å². The number of halogens is 1. The first-order valence-corrected chi connectivity index (χ1v) is 3.84. The van der Waals surface area contributed by atoms with Gasteiger partial charge in [-0.15, -0.1) is 0 Å². The monoisotopic (exact) mass is 195 g/mol. The molecule has 0 unspecified atom stereocenters. The molecular formula is C9H6FNO3. The van der Waals surface area contributed by atoms with Crippen LogP contribution in [0.1, 0.15) is 10.7 Å². The summed E-state index contributed by atoms with van der Waals surface area (Å²) < 4.78 is 22.8. The minimum atomic E-state index is -0.486. The Morgan fingerprint density at radius 1 is 1.57 bits per heavy atom. The van der Waals surface area contributed by atoms with Crippen molar-refractivity contribution in [3.05, 3.63) is 23.8 Å². The Bertz CT molecular complexity index is 492. The predicted octanol–water partition coefficient (Wildman–Crippen LogP) is 1.79. The maximum absolute atomic E-state index is 12.9. The zero-order valence-electron chi connectivity index (χ0n) is 7.28. The largest absolute Gasteiger partial charge is 0.493 e. The van der Waals surface area contributed by atoms with Crippen LogP contribution >= 0.6 is 0 Å². The molecule has 0 fully saturated rings. The molecule has 0 saturated carbocycles. The molecule has 72 valence electrons. The first-order valence-electron chi connectivity index (χ1n) is 3.84. The fraction of sp³-hybridized carbons (Fsp3) is 0.111. The average Bonchev–Trinajstić information content (AvgIpc) is 2.59. The predicted molar refractivity (Wildman–Crippen MR) is 45.9 cm³/mol. The molecule has 1 heterocycles. The lowest BCUT2D eigenvalue weighted by Gasteiger charge is -1.98. The maximum atomic E-state index is 12.9. The lowest BCUT2D eigenvalue weighted by molar-refractivity contribution is 0.109. The molecule has 4 nitrogen and oxygen atoms in total. The highest BCUT2D eigenvalue weighted by atomic mass is 19.1. The van der Waals surface area contributed by atoms with Crippen molar-refractivity contribution < 1.29 is 18.3 Å². The van der Waals surface area contributed by atoms with Gasteiger partial charge in [0, 0.05) is 12.1 Å². The third-order valence-electron chi connectivity index (χ3n) is 1.76. The third-order valence-corrected chi connectivity index (χ3v) is 1.76. The molecule has 0 radical (unpaired) electrons. The minimum Gasteiger partial charge on any atom is -0.493 e. The van der Waals surface area contributed by atoms with Crippen molar-refractivity contribution in [2.45, 2.75) is 0 Å². The van der Waals surface area contributed by atoms with E-state index in [0.717, 1.165) is 0 Å². The molecule has 0 N–H and O–H groups in total. The normalized spacial score (nSPS) is 10.4. The number of oxazole rings is 1. The third kappa shape index (κ3) is 1.22. The van der Waals surface area contributed by atoms with Gasteiger partial charge in [-0.3, -0.25) is 4.79 Å². The Labute approximate surface area is 78.3 Å². The molecule has 0 amide bonds. The highest BCUT2D eigenvalue weighted by Gasteiger charge is 2.11. The number of hydrogen-bond donors (Lipinski definition) is 0. The highest BCUT2D eigenvalue weighted by molar-refractivity contribution is 5.83. The summed E-state index contributed by atoms with van der Waals surface area (Å²) in [6.45, 7) is 0. The summed E-state index contributed by atoms with van der Waals surface area (Å²) in [4.78, 5) is 14.1. The Balaban J connectivity index is 2.77. The second-order valence-corrected chi connectivity index (χ2v) is 2.63. The number of fused-ring (bicyclic) bond motifs is 1. The molecule has 0 aliphatic heterocycles. The maximum Gasteiger partial charge on any atom is 0.261 e. The van der Waals surface area contributed by atoms with Gasteiger partial charge in [-0.2, -0.15) is 0 Å². The Morgan fingerprint density at radius 3 is 3.00 bits per heavy atom. The summed E-state index contributed by atoms with van der Waals surface area (Å²) in [5.74, 6) is -0.357. The summed E-state index contributed by atoms with van der Waals surface area (Å²) in [5, 5.41) is 0. The first kappa shape index (κ1) is 8.68.